The lowest BCUT2D eigenvalue weighted by Crippen LogP contribution is -2.25. The first-order valence-electron chi connectivity index (χ1n) is 19.6. The largest absolute Gasteiger partial charge is 0.228 e. The summed E-state index contributed by atoms with van der Waals surface area (Å²) < 4.78 is 0. The molecule has 9 aromatic carbocycles. The molecule has 2 nitrogen and oxygen atoms in total. The summed E-state index contributed by atoms with van der Waals surface area (Å²) in [5.74, 6) is 0.710. The molecule has 264 valence electrons. The van der Waals surface area contributed by atoms with Gasteiger partial charge in [0.2, 0.25) is 0 Å². The second-order valence-electron chi connectivity index (χ2n) is 15.3. The van der Waals surface area contributed by atoms with Crippen LogP contribution in [0.15, 0.2) is 206 Å². The molecule has 2 heteroatoms. The third-order valence-corrected chi connectivity index (χ3v) is 12.2. The van der Waals surface area contributed by atoms with Gasteiger partial charge >= 0.3 is 0 Å². The van der Waals surface area contributed by atoms with E-state index in [1.807, 2.05) is 6.07 Å². The van der Waals surface area contributed by atoms with Crippen molar-refractivity contribution in [3.8, 4) is 67.3 Å². The van der Waals surface area contributed by atoms with Crippen LogP contribution in [-0.4, -0.2) is 9.97 Å². The maximum atomic E-state index is 5.40. The SMILES string of the molecule is c1ccc(-c2cccc(-c3cc(-c4cccc5c4-c4ccccc4C54c5cc6ccccc6cc5-c5cc6ccccc6cc54)nc(-c4ccccc4)n3)c2)cc1. The average molecular weight is 723 g/mol. The van der Waals surface area contributed by atoms with Gasteiger partial charge < -0.3 is 0 Å². The Kier molecular flexibility index (Phi) is 6.88. The summed E-state index contributed by atoms with van der Waals surface area (Å²) in [5, 5.41) is 5.01. The van der Waals surface area contributed by atoms with Crippen LogP contribution >= 0.6 is 0 Å². The quantitative estimate of drug-likeness (QED) is 0.181. The van der Waals surface area contributed by atoms with Crippen molar-refractivity contribution in [2.75, 3.05) is 0 Å². The molecule has 57 heavy (non-hydrogen) atoms. The summed E-state index contributed by atoms with van der Waals surface area (Å²) in [7, 11) is 0. The van der Waals surface area contributed by atoms with E-state index in [0.717, 1.165) is 33.6 Å². The lowest BCUT2D eigenvalue weighted by Gasteiger charge is -2.31. The maximum absolute atomic E-state index is 5.40. The van der Waals surface area contributed by atoms with Gasteiger partial charge in [0.1, 0.15) is 0 Å². The highest BCUT2D eigenvalue weighted by atomic mass is 14.9. The average Bonchev–Trinajstić information content (AvgIpc) is 3.74. The standard InChI is InChI=1S/C55H34N2/c1-3-15-35(16-4-1)37-23-13-24-42(29-37)51-34-52(57-54(56-51)36-17-5-2-6-18-36)44-26-14-28-48-53(44)43-25-11-12-27-47(43)55(48)49-32-40-21-9-7-19-38(40)30-45(49)46-31-39-20-8-10-22-41(39)33-50(46)55/h1-34H. The lowest BCUT2D eigenvalue weighted by molar-refractivity contribution is 0.796. The summed E-state index contributed by atoms with van der Waals surface area (Å²) in [4.78, 5) is 10.7. The van der Waals surface area contributed by atoms with Gasteiger partial charge in [0.15, 0.2) is 5.82 Å². The van der Waals surface area contributed by atoms with Crippen molar-refractivity contribution in [2.24, 2.45) is 0 Å². The zero-order chi connectivity index (χ0) is 37.5. The van der Waals surface area contributed by atoms with Gasteiger partial charge in [0, 0.05) is 16.7 Å². The van der Waals surface area contributed by atoms with Crippen molar-refractivity contribution >= 4 is 21.5 Å². The van der Waals surface area contributed by atoms with Gasteiger partial charge in [-0.2, -0.15) is 0 Å². The Labute approximate surface area is 331 Å². The van der Waals surface area contributed by atoms with Gasteiger partial charge in [-0.1, -0.05) is 170 Å². The Bertz CT molecular complexity index is 3150. The zero-order valence-electron chi connectivity index (χ0n) is 31.0. The molecule has 0 N–H and O–H groups in total. The van der Waals surface area contributed by atoms with Gasteiger partial charge in [-0.25, -0.2) is 9.97 Å². The summed E-state index contributed by atoms with van der Waals surface area (Å²) in [6.07, 6.45) is 0. The summed E-state index contributed by atoms with van der Waals surface area (Å²) in [6.45, 7) is 0. The van der Waals surface area contributed by atoms with Crippen LogP contribution in [0.25, 0.3) is 88.8 Å². The molecule has 1 spiro atoms. The molecule has 10 aromatic rings. The van der Waals surface area contributed by atoms with Crippen LogP contribution in [0, 0.1) is 0 Å². The molecular formula is C55H34N2. The number of aromatic nitrogens is 2. The molecule has 1 heterocycles. The fourth-order valence-corrected chi connectivity index (χ4v) is 9.75. The maximum Gasteiger partial charge on any atom is 0.160 e. The smallest absolute Gasteiger partial charge is 0.160 e. The molecule has 0 radical (unpaired) electrons. The van der Waals surface area contributed by atoms with Crippen molar-refractivity contribution < 1.29 is 0 Å². The Morgan fingerprint density at radius 3 is 1.46 bits per heavy atom. The van der Waals surface area contributed by atoms with Crippen LogP contribution in [0.2, 0.25) is 0 Å². The van der Waals surface area contributed by atoms with Crippen LogP contribution in [0.1, 0.15) is 22.3 Å². The fraction of sp³-hybridized carbons (Fsp3) is 0.0182. The first-order chi connectivity index (χ1) is 28.2. The predicted octanol–water partition coefficient (Wildman–Crippen LogP) is 13.8. The number of hydrogen-bond acceptors (Lipinski definition) is 2. The third kappa shape index (κ3) is 4.71. The summed E-state index contributed by atoms with van der Waals surface area (Å²) >= 11 is 0. The predicted molar refractivity (Wildman–Crippen MR) is 235 cm³/mol. The minimum atomic E-state index is -0.511. The second-order valence-corrected chi connectivity index (χ2v) is 15.3. The molecule has 0 unspecified atom stereocenters. The molecule has 0 saturated heterocycles. The molecule has 0 amide bonds. The number of fused-ring (bicyclic) bond motifs is 12. The van der Waals surface area contributed by atoms with Gasteiger partial charge in [-0.05, 0) is 114 Å². The van der Waals surface area contributed by atoms with E-state index in [1.165, 1.54) is 71.6 Å². The highest BCUT2D eigenvalue weighted by Crippen LogP contribution is 2.64. The summed E-state index contributed by atoms with van der Waals surface area (Å²) in [6, 6.07) is 75.1. The van der Waals surface area contributed by atoms with E-state index >= 15 is 0 Å². The third-order valence-electron chi connectivity index (χ3n) is 12.2. The Balaban J connectivity index is 1.15. The van der Waals surface area contributed by atoms with Gasteiger partial charge in [-0.3, -0.25) is 0 Å². The summed E-state index contributed by atoms with van der Waals surface area (Å²) in [5.41, 5.74) is 17.1. The van der Waals surface area contributed by atoms with Gasteiger partial charge in [0.05, 0.1) is 16.8 Å². The molecule has 12 rings (SSSR count). The van der Waals surface area contributed by atoms with Crippen molar-refractivity contribution in [3.63, 3.8) is 0 Å². The van der Waals surface area contributed by atoms with Crippen molar-refractivity contribution in [3.05, 3.63) is 229 Å². The number of benzene rings is 9. The van der Waals surface area contributed by atoms with Crippen LogP contribution in [-0.2, 0) is 5.41 Å². The normalized spacial score (nSPS) is 13.1. The van der Waals surface area contributed by atoms with Crippen LogP contribution < -0.4 is 0 Å². The molecule has 2 aliphatic carbocycles. The molecule has 0 atom stereocenters. The molecule has 0 bridgehead atoms. The van der Waals surface area contributed by atoms with E-state index in [2.05, 4.69) is 200 Å². The van der Waals surface area contributed by atoms with Crippen molar-refractivity contribution in [1.82, 2.24) is 9.97 Å². The monoisotopic (exact) mass is 722 g/mol. The molecule has 1 aromatic heterocycles. The number of hydrogen-bond donors (Lipinski definition) is 0. The topological polar surface area (TPSA) is 25.8 Å². The van der Waals surface area contributed by atoms with Crippen LogP contribution in [0.3, 0.4) is 0 Å². The Morgan fingerprint density at radius 1 is 0.281 bits per heavy atom. The number of rotatable bonds is 4. The van der Waals surface area contributed by atoms with E-state index in [0.29, 0.717) is 5.82 Å². The van der Waals surface area contributed by atoms with Crippen LogP contribution in [0.4, 0.5) is 0 Å². The first-order valence-corrected chi connectivity index (χ1v) is 19.6. The second kappa shape index (κ2) is 12.3. The molecule has 0 aliphatic heterocycles. The lowest BCUT2D eigenvalue weighted by atomic mass is 9.70. The van der Waals surface area contributed by atoms with Crippen molar-refractivity contribution in [2.45, 2.75) is 5.41 Å². The van der Waals surface area contributed by atoms with Gasteiger partial charge in [0.25, 0.3) is 0 Å². The highest BCUT2D eigenvalue weighted by molar-refractivity contribution is 6.05. The Morgan fingerprint density at radius 2 is 0.772 bits per heavy atom. The first kappa shape index (κ1) is 31.9. The van der Waals surface area contributed by atoms with Gasteiger partial charge in [-0.15, -0.1) is 0 Å². The molecule has 2 aliphatic rings. The fourth-order valence-electron chi connectivity index (χ4n) is 9.75. The van der Waals surface area contributed by atoms with E-state index in [1.54, 1.807) is 0 Å². The van der Waals surface area contributed by atoms with Crippen LogP contribution in [0.5, 0.6) is 0 Å². The molecular weight excluding hydrogens is 689 g/mol. The van der Waals surface area contributed by atoms with E-state index in [-0.39, 0.29) is 0 Å². The molecule has 0 saturated carbocycles. The van der Waals surface area contributed by atoms with Crippen molar-refractivity contribution in [1.29, 1.82) is 0 Å². The Hall–Kier alpha value is -7.42. The minimum absolute atomic E-state index is 0.511. The minimum Gasteiger partial charge on any atom is -0.228 e. The van der Waals surface area contributed by atoms with E-state index in [9.17, 15) is 0 Å². The van der Waals surface area contributed by atoms with E-state index < -0.39 is 5.41 Å². The van der Waals surface area contributed by atoms with E-state index in [4.69, 9.17) is 9.97 Å². The zero-order valence-corrected chi connectivity index (χ0v) is 31.0. The molecule has 0 fully saturated rings. The number of nitrogens with zero attached hydrogens (tertiary/aromatic N) is 2. The highest BCUT2D eigenvalue weighted by Gasteiger charge is 2.52.